The number of amides is 1. The van der Waals surface area contributed by atoms with E-state index in [1.54, 1.807) is 23.2 Å². The van der Waals surface area contributed by atoms with E-state index in [0.717, 1.165) is 17.0 Å². The molecule has 1 atom stereocenters. The van der Waals surface area contributed by atoms with E-state index in [0.29, 0.717) is 23.1 Å². The molecule has 136 valence electrons. The maximum Gasteiger partial charge on any atom is 0.251 e. The summed E-state index contributed by atoms with van der Waals surface area (Å²) in [4.78, 5) is 17.0. The Labute approximate surface area is 156 Å². The number of hydrogen-bond donors (Lipinski definition) is 1. The number of rotatable bonds is 5. The van der Waals surface area contributed by atoms with E-state index in [1.807, 2.05) is 50.2 Å². The van der Waals surface area contributed by atoms with Gasteiger partial charge in [-0.3, -0.25) is 4.79 Å². The van der Waals surface area contributed by atoms with Crippen molar-refractivity contribution < 1.29 is 9.21 Å². The van der Waals surface area contributed by atoms with Gasteiger partial charge in [-0.05, 0) is 55.8 Å². The highest BCUT2D eigenvalue weighted by atomic mass is 16.3. The van der Waals surface area contributed by atoms with Crippen LogP contribution >= 0.6 is 0 Å². The molecule has 0 spiro atoms. The smallest absolute Gasteiger partial charge is 0.251 e. The van der Waals surface area contributed by atoms with Crippen molar-refractivity contribution in [3.05, 3.63) is 71.8 Å². The van der Waals surface area contributed by atoms with Gasteiger partial charge in [0.15, 0.2) is 5.65 Å². The van der Waals surface area contributed by atoms with Crippen molar-refractivity contribution in [2.45, 2.75) is 26.3 Å². The number of aryl methyl sites for hydroxylation is 1. The summed E-state index contributed by atoms with van der Waals surface area (Å²) in [5, 5.41) is 11.3. The Balaban J connectivity index is 1.59. The summed E-state index contributed by atoms with van der Waals surface area (Å²) in [6.45, 7) is 3.91. The number of fused-ring (bicyclic) bond motifs is 1. The van der Waals surface area contributed by atoms with E-state index in [4.69, 9.17) is 4.42 Å². The van der Waals surface area contributed by atoms with Gasteiger partial charge in [-0.2, -0.15) is 4.68 Å². The summed E-state index contributed by atoms with van der Waals surface area (Å²) < 4.78 is 7.00. The van der Waals surface area contributed by atoms with Crippen LogP contribution < -0.4 is 5.32 Å². The highest BCUT2D eigenvalue weighted by Gasteiger charge is 2.15. The fraction of sp³-hybridized carbons (Fsp3) is 0.200. The lowest BCUT2D eigenvalue weighted by atomic mass is 10.1. The zero-order valence-corrected chi connectivity index (χ0v) is 15.1. The summed E-state index contributed by atoms with van der Waals surface area (Å²) in [5.74, 6) is 0.695. The van der Waals surface area contributed by atoms with Crippen molar-refractivity contribution >= 4 is 17.1 Å². The molecule has 1 aromatic carbocycles. The number of pyridine rings is 1. The van der Waals surface area contributed by atoms with Gasteiger partial charge in [-0.1, -0.05) is 11.3 Å². The first-order valence-electron chi connectivity index (χ1n) is 8.72. The Morgan fingerprint density at radius 2 is 2.15 bits per heavy atom. The molecule has 1 amide bonds. The van der Waals surface area contributed by atoms with Gasteiger partial charge >= 0.3 is 0 Å². The van der Waals surface area contributed by atoms with Crippen LogP contribution in [0.5, 0.6) is 0 Å². The van der Waals surface area contributed by atoms with E-state index in [1.165, 1.54) is 0 Å². The number of furan rings is 1. The molecule has 1 N–H and O–H groups in total. The van der Waals surface area contributed by atoms with Crippen LogP contribution in [-0.2, 0) is 6.42 Å². The molecule has 4 aromatic rings. The van der Waals surface area contributed by atoms with Crippen LogP contribution in [0.1, 0.15) is 28.6 Å². The third-order valence-corrected chi connectivity index (χ3v) is 4.37. The maximum atomic E-state index is 12.7. The molecule has 0 aliphatic rings. The molecule has 3 heterocycles. The number of hydrogen-bond acceptors (Lipinski definition) is 5. The standard InChI is InChI=1S/C20H19N5O2/c1-13-7-8-15(20(26)22-14(2)11-16-5-4-10-27-16)12-18(13)25-19-17(23-24-25)6-3-9-21-19/h3-10,12,14H,11H2,1-2H3,(H,22,26). The normalized spacial score (nSPS) is 12.2. The van der Waals surface area contributed by atoms with Gasteiger partial charge in [0, 0.05) is 24.2 Å². The lowest BCUT2D eigenvalue weighted by Gasteiger charge is -2.14. The Kier molecular flexibility index (Phi) is 4.42. The zero-order chi connectivity index (χ0) is 18.8. The molecule has 27 heavy (non-hydrogen) atoms. The molecule has 4 rings (SSSR count). The van der Waals surface area contributed by atoms with Crippen LogP contribution in [0.2, 0.25) is 0 Å². The van der Waals surface area contributed by atoms with E-state index in [-0.39, 0.29) is 11.9 Å². The second-order valence-corrected chi connectivity index (χ2v) is 6.51. The Hall–Kier alpha value is -3.48. The number of nitrogens with one attached hydrogen (secondary N) is 1. The SMILES string of the molecule is Cc1ccc(C(=O)NC(C)Cc2ccco2)cc1-n1nnc2cccnc21. The topological polar surface area (TPSA) is 85.8 Å². The van der Waals surface area contributed by atoms with E-state index in [9.17, 15) is 4.79 Å². The van der Waals surface area contributed by atoms with Crippen LogP contribution in [-0.4, -0.2) is 31.9 Å². The average molecular weight is 361 g/mol. The minimum atomic E-state index is -0.146. The molecule has 1 unspecified atom stereocenters. The van der Waals surface area contributed by atoms with Crippen molar-refractivity contribution in [2.75, 3.05) is 0 Å². The molecule has 0 fully saturated rings. The second kappa shape index (κ2) is 7.03. The summed E-state index contributed by atoms with van der Waals surface area (Å²) in [6.07, 6.45) is 3.96. The third kappa shape index (κ3) is 3.44. The largest absolute Gasteiger partial charge is 0.469 e. The van der Waals surface area contributed by atoms with Gasteiger partial charge < -0.3 is 9.73 Å². The molecule has 3 aromatic heterocycles. The maximum absolute atomic E-state index is 12.7. The van der Waals surface area contributed by atoms with E-state index >= 15 is 0 Å². The quantitative estimate of drug-likeness (QED) is 0.590. The fourth-order valence-electron chi connectivity index (χ4n) is 2.99. The Morgan fingerprint density at radius 3 is 2.96 bits per heavy atom. The van der Waals surface area contributed by atoms with Gasteiger partial charge in [0.2, 0.25) is 0 Å². The van der Waals surface area contributed by atoms with E-state index < -0.39 is 0 Å². The van der Waals surface area contributed by atoms with Crippen molar-refractivity contribution in [1.82, 2.24) is 25.3 Å². The molecular weight excluding hydrogens is 342 g/mol. The number of carbonyl (C=O) groups is 1. The van der Waals surface area contributed by atoms with Crippen molar-refractivity contribution in [3.63, 3.8) is 0 Å². The zero-order valence-electron chi connectivity index (χ0n) is 15.1. The lowest BCUT2D eigenvalue weighted by Crippen LogP contribution is -2.34. The number of carbonyl (C=O) groups excluding carboxylic acids is 1. The van der Waals surface area contributed by atoms with Gasteiger partial charge in [0.25, 0.3) is 5.91 Å². The molecular formula is C20H19N5O2. The third-order valence-electron chi connectivity index (χ3n) is 4.37. The number of benzene rings is 1. The average Bonchev–Trinajstić information content (AvgIpc) is 3.31. The molecule has 0 aliphatic heterocycles. The number of nitrogens with zero attached hydrogens (tertiary/aromatic N) is 4. The molecule has 0 saturated heterocycles. The summed E-state index contributed by atoms with van der Waals surface area (Å²) >= 11 is 0. The minimum absolute atomic E-state index is 0.0535. The fourth-order valence-corrected chi connectivity index (χ4v) is 2.99. The van der Waals surface area contributed by atoms with Crippen LogP contribution in [0.4, 0.5) is 0 Å². The van der Waals surface area contributed by atoms with Crippen LogP contribution in [0, 0.1) is 6.92 Å². The molecule has 0 saturated carbocycles. The van der Waals surface area contributed by atoms with Crippen LogP contribution in [0.25, 0.3) is 16.9 Å². The van der Waals surface area contributed by atoms with Gasteiger partial charge in [0.05, 0.1) is 12.0 Å². The monoisotopic (exact) mass is 361 g/mol. The van der Waals surface area contributed by atoms with E-state index in [2.05, 4.69) is 20.6 Å². The van der Waals surface area contributed by atoms with Gasteiger partial charge in [-0.15, -0.1) is 5.10 Å². The number of aromatic nitrogens is 4. The summed E-state index contributed by atoms with van der Waals surface area (Å²) in [6, 6.07) is 12.9. The molecule has 7 nitrogen and oxygen atoms in total. The first-order valence-corrected chi connectivity index (χ1v) is 8.72. The highest BCUT2D eigenvalue weighted by molar-refractivity contribution is 5.95. The predicted molar refractivity (Wildman–Crippen MR) is 101 cm³/mol. The summed E-state index contributed by atoms with van der Waals surface area (Å²) in [7, 11) is 0. The van der Waals surface area contributed by atoms with Crippen molar-refractivity contribution in [1.29, 1.82) is 0 Å². The minimum Gasteiger partial charge on any atom is -0.469 e. The van der Waals surface area contributed by atoms with Crippen molar-refractivity contribution in [2.24, 2.45) is 0 Å². The first kappa shape index (κ1) is 17.0. The highest BCUT2D eigenvalue weighted by Crippen LogP contribution is 2.19. The Bertz CT molecular complexity index is 1080. The van der Waals surface area contributed by atoms with Crippen molar-refractivity contribution in [3.8, 4) is 5.69 Å². The predicted octanol–water partition coefficient (Wildman–Crippen LogP) is 3.08. The molecule has 7 heteroatoms. The van der Waals surface area contributed by atoms with Crippen LogP contribution in [0.3, 0.4) is 0 Å². The Morgan fingerprint density at radius 1 is 1.26 bits per heavy atom. The summed E-state index contributed by atoms with van der Waals surface area (Å²) in [5.41, 5.74) is 3.68. The van der Waals surface area contributed by atoms with Gasteiger partial charge in [-0.25, -0.2) is 4.98 Å². The molecule has 0 aliphatic carbocycles. The van der Waals surface area contributed by atoms with Crippen LogP contribution in [0.15, 0.2) is 59.3 Å². The second-order valence-electron chi connectivity index (χ2n) is 6.51. The molecule has 0 radical (unpaired) electrons. The van der Waals surface area contributed by atoms with Gasteiger partial charge in [0.1, 0.15) is 11.3 Å². The molecule has 0 bridgehead atoms. The first-order chi connectivity index (χ1) is 13.1. The lowest BCUT2D eigenvalue weighted by molar-refractivity contribution is 0.0939.